The summed E-state index contributed by atoms with van der Waals surface area (Å²) in [6.45, 7) is 10.1. The Morgan fingerprint density at radius 1 is 1.21 bits per heavy atom. The summed E-state index contributed by atoms with van der Waals surface area (Å²) in [7, 11) is 0. The number of rotatable bonds is 5. The van der Waals surface area contributed by atoms with E-state index >= 15 is 0 Å². The Balaban J connectivity index is 1.59. The number of carbonyl (C=O) groups is 2. The molecule has 1 aromatic carbocycles. The van der Waals surface area contributed by atoms with Crippen LogP contribution in [0.5, 0.6) is 0 Å². The van der Waals surface area contributed by atoms with E-state index in [1.54, 1.807) is 0 Å². The normalized spacial score (nSPS) is 41.4. The van der Waals surface area contributed by atoms with Crippen LogP contribution < -0.4 is 0 Å². The molecule has 1 aliphatic heterocycles. The molecule has 1 heterocycles. The highest BCUT2D eigenvalue weighted by Gasteiger charge is 2.77. The molecule has 1 aromatic rings. The maximum atomic E-state index is 13.4. The number of ether oxygens (including phenoxy) is 2. The van der Waals surface area contributed by atoms with Crippen LogP contribution in [0.2, 0.25) is 0 Å². The fraction of sp³-hybridized carbons (Fsp3) is 0.652. The standard InChI is InChI=1S/C23H29BrO4/c1-6-15(22(5)16(17(22)24)14-10-8-7-9-11-14)27-19(26)23-13-12-21(4,18(25)28-23)20(23,2)3/h7-11,15-17H,6,12-13H2,1-5H3/t15-,16-,17+,21-,22+,23+/m0/s1. The van der Waals surface area contributed by atoms with Gasteiger partial charge in [0.05, 0.1) is 5.41 Å². The molecular weight excluding hydrogens is 420 g/mol. The number of fused-ring (bicyclic) bond motifs is 2. The van der Waals surface area contributed by atoms with Crippen LogP contribution >= 0.6 is 15.9 Å². The van der Waals surface area contributed by atoms with Gasteiger partial charge in [0.25, 0.3) is 0 Å². The van der Waals surface area contributed by atoms with E-state index in [-0.39, 0.29) is 34.2 Å². The van der Waals surface area contributed by atoms with E-state index in [0.717, 1.165) is 6.42 Å². The third kappa shape index (κ3) is 2.23. The molecule has 1 saturated heterocycles. The van der Waals surface area contributed by atoms with Gasteiger partial charge in [-0.2, -0.15) is 0 Å². The van der Waals surface area contributed by atoms with Gasteiger partial charge in [0.15, 0.2) is 0 Å². The number of carbonyl (C=O) groups excluding carboxylic acids is 2. The first kappa shape index (κ1) is 19.9. The minimum atomic E-state index is -1.17. The highest BCUT2D eigenvalue weighted by molar-refractivity contribution is 9.09. The van der Waals surface area contributed by atoms with Gasteiger partial charge in [-0.1, -0.05) is 74.0 Å². The summed E-state index contributed by atoms with van der Waals surface area (Å²) in [5.74, 6) is -0.359. The van der Waals surface area contributed by atoms with E-state index in [4.69, 9.17) is 9.47 Å². The molecule has 4 rings (SSSR count). The Bertz CT molecular complexity index is 821. The zero-order valence-corrected chi connectivity index (χ0v) is 18.8. The van der Waals surface area contributed by atoms with Crippen molar-refractivity contribution in [1.82, 2.24) is 0 Å². The van der Waals surface area contributed by atoms with Gasteiger partial charge in [-0.25, -0.2) is 4.79 Å². The van der Waals surface area contributed by atoms with E-state index in [2.05, 4.69) is 35.0 Å². The second kappa shape index (κ2) is 6.07. The van der Waals surface area contributed by atoms with Crippen molar-refractivity contribution < 1.29 is 19.1 Å². The Hall–Kier alpha value is -1.36. The lowest BCUT2D eigenvalue weighted by Crippen LogP contribution is -2.50. The van der Waals surface area contributed by atoms with Crippen LogP contribution in [-0.2, 0) is 19.1 Å². The number of hydrogen-bond donors (Lipinski definition) is 0. The van der Waals surface area contributed by atoms with Crippen LogP contribution in [0, 0.1) is 16.2 Å². The summed E-state index contributed by atoms with van der Waals surface area (Å²) in [4.78, 5) is 26.1. The molecule has 6 atom stereocenters. The molecule has 2 aliphatic carbocycles. The Morgan fingerprint density at radius 3 is 2.36 bits per heavy atom. The predicted molar refractivity (Wildman–Crippen MR) is 110 cm³/mol. The van der Waals surface area contributed by atoms with Gasteiger partial charge >= 0.3 is 11.9 Å². The summed E-state index contributed by atoms with van der Waals surface area (Å²) in [5, 5.41) is 0. The molecule has 0 amide bonds. The average Bonchev–Trinajstić information content (AvgIpc) is 3.10. The second-order valence-electron chi connectivity index (χ2n) is 9.63. The summed E-state index contributed by atoms with van der Waals surface area (Å²) in [5.41, 5.74) is -1.30. The molecular formula is C23H29BrO4. The molecule has 3 fully saturated rings. The molecule has 0 spiro atoms. The molecule has 0 unspecified atom stereocenters. The van der Waals surface area contributed by atoms with Crippen LogP contribution in [0.4, 0.5) is 0 Å². The first-order valence-electron chi connectivity index (χ1n) is 10.2. The van der Waals surface area contributed by atoms with E-state index in [1.165, 1.54) is 5.56 Å². The fourth-order valence-corrected chi connectivity index (χ4v) is 6.92. The van der Waals surface area contributed by atoms with Crippen LogP contribution in [0.3, 0.4) is 0 Å². The highest BCUT2D eigenvalue weighted by atomic mass is 79.9. The van der Waals surface area contributed by atoms with Gasteiger partial charge < -0.3 is 9.47 Å². The Labute approximate surface area is 175 Å². The first-order valence-corrected chi connectivity index (χ1v) is 11.1. The van der Waals surface area contributed by atoms with E-state index in [1.807, 2.05) is 45.9 Å². The first-order chi connectivity index (χ1) is 13.1. The van der Waals surface area contributed by atoms with Crippen LogP contribution in [0.1, 0.15) is 65.4 Å². The number of halogens is 1. The predicted octanol–water partition coefficient (Wildman–Crippen LogP) is 5.00. The maximum absolute atomic E-state index is 13.4. The van der Waals surface area contributed by atoms with Crippen molar-refractivity contribution in [3.8, 4) is 0 Å². The van der Waals surface area contributed by atoms with Crippen molar-refractivity contribution in [2.24, 2.45) is 16.2 Å². The van der Waals surface area contributed by atoms with Gasteiger partial charge in [-0.15, -0.1) is 0 Å². The van der Waals surface area contributed by atoms with Crippen molar-refractivity contribution in [2.45, 2.75) is 76.3 Å². The molecule has 152 valence electrons. The highest BCUT2D eigenvalue weighted by Crippen LogP contribution is 2.68. The third-order valence-corrected chi connectivity index (χ3v) is 9.85. The third-order valence-electron chi connectivity index (χ3n) is 8.33. The molecule has 0 aromatic heterocycles. The lowest BCUT2D eigenvalue weighted by molar-refractivity contribution is -0.189. The summed E-state index contributed by atoms with van der Waals surface area (Å²) >= 11 is 3.83. The van der Waals surface area contributed by atoms with Gasteiger partial charge in [0.1, 0.15) is 6.10 Å². The minimum Gasteiger partial charge on any atom is -0.459 e. The Morgan fingerprint density at radius 2 is 1.86 bits per heavy atom. The summed E-state index contributed by atoms with van der Waals surface area (Å²) < 4.78 is 11.9. The monoisotopic (exact) mass is 448 g/mol. The lowest BCUT2D eigenvalue weighted by atomic mass is 9.66. The number of hydrogen-bond acceptors (Lipinski definition) is 4. The average molecular weight is 449 g/mol. The molecule has 0 radical (unpaired) electrons. The number of alkyl halides is 1. The SMILES string of the molecule is CC[C@H](OC(=O)[C@@]12CC[C@@](C)(C(=O)O1)C2(C)C)[C@@]1(C)[C@H](Br)[C@@H]1c1ccccc1. The van der Waals surface area contributed by atoms with Crippen molar-refractivity contribution in [2.75, 3.05) is 0 Å². The Kier molecular flexibility index (Phi) is 4.32. The molecule has 4 nitrogen and oxygen atoms in total. The summed E-state index contributed by atoms with van der Waals surface area (Å²) in [6.07, 6.45) is 1.67. The molecule has 2 bridgehead atoms. The van der Waals surface area contributed by atoms with Gasteiger partial charge in [-0.3, -0.25) is 4.79 Å². The van der Waals surface area contributed by atoms with Gasteiger partial charge in [-0.05, 0) is 31.7 Å². The molecule has 0 N–H and O–H groups in total. The quantitative estimate of drug-likeness (QED) is 0.469. The van der Waals surface area contributed by atoms with Crippen molar-refractivity contribution in [1.29, 1.82) is 0 Å². The van der Waals surface area contributed by atoms with E-state index < -0.39 is 16.4 Å². The van der Waals surface area contributed by atoms with Crippen LogP contribution in [0.25, 0.3) is 0 Å². The van der Waals surface area contributed by atoms with Crippen molar-refractivity contribution >= 4 is 27.9 Å². The second-order valence-corrected chi connectivity index (χ2v) is 10.6. The van der Waals surface area contributed by atoms with Gasteiger partial charge in [0.2, 0.25) is 5.60 Å². The minimum absolute atomic E-state index is 0.183. The molecule has 28 heavy (non-hydrogen) atoms. The molecule has 5 heteroatoms. The van der Waals surface area contributed by atoms with Crippen LogP contribution in [-0.4, -0.2) is 28.5 Å². The number of esters is 2. The number of benzene rings is 1. The van der Waals surface area contributed by atoms with E-state index in [0.29, 0.717) is 12.8 Å². The largest absolute Gasteiger partial charge is 0.459 e. The zero-order chi connectivity index (χ0) is 20.5. The lowest BCUT2D eigenvalue weighted by Gasteiger charge is -2.36. The van der Waals surface area contributed by atoms with E-state index in [9.17, 15) is 9.59 Å². The molecule has 3 aliphatic rings. The molecule has 2 saturated carbocycles. The van der Waals surface area contributed by atoms with Crippen LogP contribution in [0.15, 0.2) is 30.3 Å². The maximum Gasteiger partial charge on any atom is 0.351 e. The van der Waals surface area contributed by atoms with Crippen molar-refractivity contribution in [3.63, 3.8) is 0 Å². The topological polar surface area (TPSA) is 52.6 Å². The summed E-state index contributed by atoms with van der Waals surface area (Å²) in [6, 6.07) is 10.3. The van der Waals surface area contributed by atoms with Gasteiger partial charge in [0, 0.05) is 21.6 Å². The fourth-order valence-electron chi connectivity index (χ4n) is 5.62. The smallest absolute Gasteiger partial charge is 0.351 e. The van der Waals surface area contributed by atoms with Crippen molar-refractivity contribution in [3.05, 3.63) is 35.9 Å². The zero-order valence-electron chi connectivity index (χ0n) is 17.3.